The van der Waals surface area contributed by atoms with Crippen LogP contribution in [-0.4, -0.2) is 23.1 Å². The summed E-state index contributed by atoms with van der Waals surface area (Å²) in [4.78, 5) is 24.7. The maximum absolute atomic E-state index is 12.7. The Morgan fingerprint density at radius 1 is 0.778 bits per heavy atom. The number of carbonyl (C=O) groups is 2. The van der Waals surface area contributed by atoms with Gasteiger partial charge in [-0.15, -0.1) is 0 Å². The van der Waals surface area contributed by atoms with Crippen molar-refractivity contribution < 1.29 is 19.4 Å². The third-order valence-electron chi connectivity index (χ3n) is 13.8. The second-order valence-electron chi connectivity index (χ2n) is 15.1. The van der Waals surface area contributed by atoms with Crippen LogP contribution in [0.3, 0.4) is 0 Å². The molecule has 5 rings (SSSR count). The summed E-state index contributed by atoms with van der Waals surface area (Å²) in [5, 5.41) is 10.5. The van der Waals surface area contributed by atoms with E-state index in [4.69, 9.17) is 4.74 Å². The predicted molar refractivity (Wildman–Crippen MR) is 142 cm³/mol. The summed E-state index contributed by atoms with van der Waals surface area (Å²) in [6.45, 7) is 20.2. The number of hydrogen-bond donors (Lipinski definition) is 1. The molecule has 0 saturated heterocycles. The summed E-state index contributed by atoms with van der Waals surface area (Å²) in [6, 6.07) is 0. The van der Waals surface area contributed by atoms with Crippen LogP contribution < -0.4 is 0 Å². The first-order chi connectivity index (χ1) is 16.6. The van der Waals surface area contributed by atoms with Crippen LogP contribution >= 0.6 is 0 Å². The molecule has 0 heterocycles. The van der Waals surface area contributed by atoms with E-state index in [2.05, 4.69) is 41.2 Å². The van der Waals surface area contributed by atoms with Gasteiger partial charge in [-0.1, -0.05) is 39.8 Å². The number of ether oxygens (including phenoxy) is 1. The highest BCUT2D eigenvalue weighted by Crippen LogP contribution is 2.78. The molecule has 4 heteroatoms. The Labute approximate surface area is 219 Å². The Morgan fingerprint density at radius 2 is 1.36 bits per heavy atom. The van der Waals surface area contributed by atoms with Gasteiger partial charge in [-0.3, -0.25) is 9.59 Å². The Balaban J connectivity index is 1.54. The third-order valence-corrected chi connectivity index (χ3v) is 13.8. The number of fused-ring (bicyclic) bond motifs is 7. The molecule has 0 aromatic heterocycles. The van der Waals surface area contributed by atoms with E-state index in [1.165, 1.54) is 51.0 Å². The number of hydrogen-bond acceptors (Lipinski definition) is 3. The molecule has 0 bridgehead atoms. The van der Waals surface area contributed by atoms with Gasteiger partial charge in [0, 0.05) is 13.3 Å². The molecule has 5 aliphatic carbocycles. The molecule has 202 valence electrons. The normalized spacial score (nSPS) is 53.9. The van der Waals surface area contributed by atoms with E-state index in [9.17, 15) is 14.7 Å². The van der Waals surface area contributed by atoms with E-state index < -0.39 is 11.4 Å². The lowest BCUT2D eigenvalue weighted by atomic mass is 9.31. The number of esters is 1. The molecular formula is C32H50O4. The Bertz CT molecular complexity index is 971. The van der Waals surface area contributed by atoms with Gasteiger partial charge in [-0.2, -0.15) is 0 Å². The summed E-state index contributed by atoms with van der Waals surface area (Å²) in [6.07, 6.45) is 10.6. The Kier molecular flexibility index (Phi) is 5.91. The topological polar surface area (TPSA) is 63.6 Å². The van der Waals surface area contributed by atoms with Gasteiger partial charge < -0.3 is 9.84 Å². The van der Waals surface area contributed by atoms with Gasteiger partial charge in [0.15, 0.2) is 0 Å². The second-order valence-corrected chi connectivity index (χ2v) is 15.1. The molecule has 0 spiro atoms. The van der Waals surface area contributed by atoms with Crippen molar-refractivity contribution in [3.63, 3.8) is 0 Å². The highest BCUT2D eigenvalue weighted by Gasteiger charge is 2.72. The van der Waals surface area contributed by atoms with Crippen molar-refractivity contribution in [2.45, 2.75) is 119 Å². The zero-order chi connectivity index (χ0) is 26.5. The minimum atomic E-state index is -0.851. The first-order valence-electron chi connectivity index (χ1n) is 14.7. The third kappa shape index (κ3) is 3.24. The average Bonchev–Trinajstić information content (AvgIpc) is 3.10. The minimum Gasteiger partial charge on any atom is -0.481 e. The predicted octanol–water partition coefficient (Wildman–Crippen LogP) is 7.66. The fourth-order valence-electron chi connectivity index (χ4n) is 12.2. The molecular weight excluding hydrogens is 448 g/mol. The number of carbonyl (C=O) groups excluding carboxylic acids is 1. The SMILES string of the molecule is C=C(C)[C@H]1CC[C@]2(C)[C@H]3CC[C@@H]4[C@@]5(C)CC(OC(C)=O)C[C@@](C)(C(=O)O)[C@@H]5CC[C@@]4(C)[C@]3(C)CC[C@@H]12. The summed E-state index contributed by atoms with van der Waals surface area (Å²) >= 11 is 0. The van der Waals surface area contributed by atoms with E-state index in [0.717, 1.165) is 25.2 Å². The van der Waals surface area contributed by atoms with Crippen molar-refractivity contribution >= 4 is 11.9 Å². The molecule has 36 heavy (non-hydrogen) atoms. The van der Waals surface area contributed by atoms with Gasteiger partial charge >= 0.3 is 11.9 Å². The van der Waals surface area contributed by atoms with E-state index in [1.54, 1.807) is 0 Å². The van der Waals surface area contributed by atoms with Crippen molar-refractivity contribution in [2.75, 3.05) is 0 Å². The van der Waals surface area contributed by atoms with Gasteiger partial charge in [0.2, 0.25) is 0 Å². The summed E-state index contributed by atoms with van der Waals surface area (Å²) < 4.78 is 5.79. The molecule has 0 aliphatic heterocycles. The summed E-state index contributed by atoms with van der Waals surface area (Å²) in [5.74, 6) is 1.73. The number of carboxylic acids is 1. The molecule has 11 atom stereocenters. The molecule has 5 fully saturated rings. The van der Waals surface area contributed by atoms with E-state index >= 15 is 0 Å². The Morgan fingerprint density at radius 3 is 1.92 bits per heavy atom. The standard InChI is InChI=1S/C32H50O4/c1-19(2)22-11-14-28(4)23(22)12-15-31(7)25(28)9-10-26-29(5)17-21(36-20(3)33)18-30(6,27(34)35)24(29)13-16-32(26,31)8/h21-26H,1,9-18H2,2-8H3,(H,34,35)/t21?,22-,23+,24-,25-,26-,28+,29+,30-,31-,32-/m1/s1. The number of rotatable bonds is 3. The van der Waals surface area contributed by atoms with E-state index in [1.807, 2.05) is 6.92 Å². The quantitative estimate of drug-likeness (QED) is 0.320. The van der Waals surface area contributed by atoms with Crippen molar-refractivity contribution in [1.29, 1.82) is 0 Å². The zero-order valence-electron chi connectivity index (χ0n) is 23.9. The summed E-state index contributed by atoms with van der Waals surface area (Å²) in [5.41, 5.74) is 1.20. The molecule has 0 aromatic rings. The zero-order valence-corrected chi connectivity index (χ0v) is 23.9. The Hall–Kier alpha value is -1.32. The molecule has 1 N–H and O–H groups in total. The van der Waals surface area contributed by atoms with Gasteiger partial charge in [-0.05, 0) is 123 Å². The van der Waals surface area contributed by atoms with Crippen molar-refractivity contribution in [1.82, 2.24) is 0 Å². The van der Waals surface area contributed by atoms with Gasteiger partial charge in [-0.25, -0.2) is 0 Å². The molecule has 4 nitrogen and oxygen atoms in total. The first kappa shape index (κ1) is 26.3. The fraction of sp³-hybridized carbons (Fsp3) is 0.875. The van der Waals surface area contributed by atoms with Gasteiger partial charge in [0.25, 0.3) is 0 Å². The van der Waals surface area contributed by atoms with Crippen LogP contribution in [-0.2, 0) is 14.3 Å². The van der Waals surface area contributed by atoms with Crippen LogP contribution in [0.25, 0.3) is 0 Å². The van der Waals surface area contributed by atoms with Crippen LogP contribution in [0.15, 0.2) is 12.2 Å². The van der Waals surface area contributed by atoms with Crippen LogP contribution in [0.4, 0.5) is 0 Å². The lowest BCUT2D eigenvalue weighted by Gasteiger charge is -2.73. The minimum absolute atomic E-state index is 0.124. The maximum atomic E-state index is 12.7. The molecule has 0 amide bonds. The van der Waals surface area contributed by atoms with E-state index in [-0.39, 0.29) is 34.2 Å². The van der Waals surface area contributed by atoms with Crippen molar-refractivity contribution in [2.24, 2.45) is 56.7 Å². The average molecular weight is 499 g/mol. The fourth-order valence-corrected chi connectivity index (χ4v) is 12.2. The summed E-state index contributed by atoms with van der Waals surface area (Å²) in [7, 11) is 0. The number of carboxylic acid groups (broad SMARTS) is 1. The lowest BCUT2D eigenvalue weighted by Crippen LogP contribution is -2.67. The van der Waals surface area contributed by atoms with Gasteiger partial charge in [0.05, 0.1) is 5.41 Å². The number of allylic oxidation sites excluding steroid dienone is 1. The lowest BCUT2D eigenvalue weighted by molar-refractivity contribution is -0.252. The van der Waals surface area contributed by atoms with Crippen LogP contribution in [0.1, 0.15) is 113 Å². The van der Waals surface area contributed by atoms with Crippen LogP contribution in [0.5, 0.6) is 0 Å². The molecule has 5 aliphatic rings. The highest BCUT2D eigenvalue weighted by molar-refractivity contribution is 5.75. The van der Waals surface area contributed by atoms with Crippen molar-refractivity contribution in [3.05, 3.63) is 12.2 Å². The van der Waals surface area contributed by atoms with Crippen molar-refractivity contribution in [3.8, 4) is 0 Å². The molecule has 0 radical (unpaired) electrons. The maximum Gasteiger partial charge on any atom is 0.309 e. The number of aliphatic carboxylic acids is 1. The monoisotopic (exact) mass is 498 g/mol. The first-order valence-corrected chi connectivity index (χ1v) is 14.7. The second kappa shape index (κ2) is 8.09. The largest absolute Gasteiger partial charge is 0.481 e. The molecule has 0 aromatic carbocycles. The molecule has 5 saturated carbocycles. The van der Waals surface area contributed by atoms with Crippen LogP contribution in [0, 0.1) is 56.7 Å². The van der Waals surface area contributed by atoms with Gasteiger partial charge in [0.1, 0.15) is 6.10 Å². The molecule has 1 unspecified atom stereocenters. The highest BCUT2D eigenvalue weighted by atomic mass is 16.5. The smallest absolute Gasteiger partial charge is 0.309 e. The van der Waals surface area contributed by atoms with Crippen LogP contribution in [0.2, 0.25) is 0 Å². The van der Waals surface area contributed by atoms with E-state index in [0.29, 0.717) is 29.6 Å².